The highest BCUT2D eigenvalue weighted by molar-refractivity contribution is 5.73. The Hall–Kier alpha value is -1.29. The normalized spacial score (nSPS) is 12.2. The second kappa shape index (κ2) is 6.82. The summed E-state index contributed by atoms with van der Waals surface area (Å²) in [4.78, 5) is 11.3. The zero-order chi connectivity index (χ0) is 8.53. The predicted octanol–water partition coefficient (Wildman–Crippen LogP) is 0.606. The minimum atomic E-state index is 0.412. The number of hydrogen-bond donors (Lipinski definition) is 1. The van der Waals surface area contributed by atoms with E-state index in [4.69, 9.17) is 5.73 Å². The van der Waals surface area contributed by atoms with Crippen molar-refractivity contribution < 1.29 is 0 Å². The molecule has 11 heavy (non-hydrogen) atoms. The van der Waals surface area contributed by atoms with Crippen LogP contribution in [0, 0.1) is 0 Å². The van der Waals surface area contributed by atoms with E-state index in [1.807, 2.05) is 0 Å². The predicted molar refractivity (Wildman–Crippen MR) is 49.3 cm³/mol. The van der Waals surface area contributed by atoms with Gasteiger partial charge in [-0.05, 0) is 6.92 Å². The number of nitrogens with zero attached hydrogens (tertiary/aromatic N) is 3. The highest BCUT2D eigenvalue weighted by Gasteiger charge is 1.76. The van der Waals surface area contributed by atoms with Gasteiger partial charge in [0.25, 0.3) is 0 Å². The summed E-state index contributed by atoms with van der Waals surface area (Å²) in [5, 5.41) is 0. The molecular weight excluding hydrogens is 140 g/mol. The third-order valence-corrected chi connectivity index (χ3v) is 0.762. The fourth-order valence-electron chi connectivity index (χ4n) is 0.390. The highest BCUT2D eigenvalue weighted by Crippen LogP contribution is 1.90. The van der Waals surface area contributed by atoms with Crippen molar-refractivity contribution in [2.45, 2.75) is 6.92 Å². The molecule has 4 heteroatoms. The van der Waals surface area contributed by atoms with Gasteiger partial charge in [0.05, 0.1) is 0 Å². The lowest BCUT2D eigenvalue weighted by atomic mass is 10.7. The Bertz CT molecular complexity index is 191. The van der Waals surface area contributed by atoms with Gasteiger partial charge in [-0.3, -0.25) is 0 Å². The van der Waals surface area contributed by atoms with Crippen LogP contribution in [0.2, 0.25) is 0 Å². The van der Waals surface area contributed by atoms with E-state index in [2.05, 4.69) is 21.6 Å². The summed E-state index contributed by atoms with van der Waals surface area (Å²) in [5.41, 5.74) is 5.14. The molecule has 0 bridgehead atoms. The van der Waals surface area contributed by atoms with Crippen LogP contribution in [0.3, 0.4) is 0 Å². The third-order valence-electron chi connectivity index (χ3n) is 0.762. The van der Waals surface area contributed by atoms with Gasteiger partial charge in [-0.25, -0.2) is 15.0 Å². The lowest BCUT2D eigenvalue weighted by molar-refractivity contribution is 1.26. The molecular formula is C7H12N4. The van der Waals surface area contributed by atoms with Crippen molar-refractivity contribution in [3.63, 3.8) is 0 Å². The number of aliphatic imine (C=N–C) groups is 3. The molecule has 2 N–H and O–H groups in total. The number of nitrogens with two attached hydrogens (primary N) is 1. The van der Waals surface area contributed by atoms with Gasteiger partial charge >= 0.3 is 0 Å². The van der Waals surface area contributed by atoms with Gasteiger partial charge in [-0.2, -0.15) is 0 Å². The first-order valence-corrected chi connectivity index (χ1v) is 3.23. The zero-order valence-corrected chi connectivity index (χ0v) is 6.57. The van der Waals surface area contributed by atoms with Gasteiger partial charge in [-0.1, -0.05) is 6.58 Å². The van der Waals surface area contributed by atoms with Crippen LogP contribution in [0.4, 0.5) is 0 Å². The molecule has 0 atom stereocenters. The van der Waals surface area contributed by atoms with Gasteiger partial charge < -0.3 is 5.73 Å². The molecule has 0 radical (unpaired) electrons. The minimum Gasteiger partial charge on any atom is -0.326 e. The van der Waals surface area contributed by atoms with Crippen LogP contribution in [0.1, 0.15) is 6.92 Å². The van der Waals surface area contributed by atoms with Crippen LogP contribution in [0.25, 0.3) is 0 Å². The second-order valence-electron chi connectivity index (χ2n) is 1.62. The molecule has 0 saturated carbocycles. The Morgan fingerprint density at radius 3 is 2.82 bits per heavy atom. The minimum absolute atomic E-state index is 0.412. The monoisotopic (exact) mass is 152 g/mol. The van der Waals surface area contributed by atoms with Crippen LogP contribution in [0.15, 0.2) is 27.4 Å². The molecule has 0 amide bonds. The third kappa shape index (κ3) is 6.60. The summed E-state index contributed by atoms with van der Waals surface area (Å²) in [7, 11) is 0. The largest absolute Gasteiger partial charge is 0.326 e. The Morgan fingerprint density at radius 2 is 2.27 bits per heavy atom. The molecule has 0 fully saturated rings. The number of rotatable bonds is 4. The molecule has 4 nitrogen and oxygen atoms in total. The Labute approximate surface area is 66.3 Å². The maximum absolute atomic E-state index is 5.14. The molecule has 0 rings (SSSR count). The topological polar surface area (TPSA) is 63.1 Å². The molecule has 0 aliphatic heterocycles. The first-order chi connectivity index (χ1) is 5.31. The van der Waals surface area contributed by atoms with Crippen molar-refractivity contribution in [3.8, 4) is 0 Å². The SMILES string of the molecule is C=C(/N=C\C)/N=C\N=C/CN. The first-order valence-electron chi connectivity index (χ1n) is 3.23. The van der Waals surface area contributed by atoms with E-state index >= 15 is 0 Å². The van der Waals surface area contributed by atoms with Crippen LogP contribution in [0.5, 0.6) is 0 Å². The van der Waals surface area contributed by atoms with E-state index in [0.717, 1.165) is 0 Å². The lowest BCUT2D eigenvalue weighted by Gasteiger charge is -1.84. The average molecular weight is 152 g/mol. The summed E-state index contributed by atoms with van der Waals surface area (Å²) in [6.45, 7) is 5.75. The quantitative estimate of drug-likeness (QED) is 0.465. The average Bonchev–Trinajstić information content (AvgIpc) is 1.99. The van der Waals surface area contributed by atoms with Crippen molar-refractivity contribution in [1.29, 1.82) is 0 Å². The molecule has 0 aromatic heterocycles. The molecule has 0 aliphatic carbocycles. The fourth-order valence-corrected chi connectivity index (χ4v) is 0.390. The van der Waals surface area contributed by atoms with Crippen LogP contribution < -0.4 is 5.73 Å². The molecule has 60 valence electrons. The standard InChI is InChI=1S/C7H12N4/c1-3-10-7(2)11-6-9-5-4-8/h3,5-6H,2,4,8H2,1H3/b9-5-,10-3-,11-6-. The van der Waals surface area contributed by atoms with Crippen LogP contribution >= 0.6 is 0 Å². The smallest absolute Gasteiger partial charge is 0.146 e. The molecule has 0 aromatic carbocycles. The summed E-state index contributed by atoms with van der Waals surface area (Å²) < 4.78 is 0. The Kier molecular flexibility index (Phi) is 6.02. The van der Waals surface area contributed by atoms with E-state index in [1.165, 1.54) is 6.34 Å². The summed E-state index contributed by atoms with van der Waals surface area (Å²) in [6.07, 6.45) is 4.53. The van der Waals surface area contributed by atoms with E-state index < -0.39 is 0 Å². The molecule has 0 saturated heterocycles. The summed E-state index contributed by atoms with van der Waals surface area (Å²) >= 11 is 0. The lowest BCUT2D eigenvalue weighted by Crippen LogP contribution is -1.98. The van der Waals surface area contributed by atoms with Crippen molar-refractivity contribution in [2.24, 2.45) is 20.7 Å². The number of hydrogen-bond acceptors (Lipinski definition) is 3. The molecule has 0 aliphatic rings. The summed E-state index contributed by atoms with van der Waals surface area (Å²) in [5.74, 6) is 0.432. The van der Waals surface area contributed by atoms with Crippen molar-refractivity contribution in [3.05, 3.63) is 12.4 Å². The molecule has 0 spiro atoms. The van der Waals surface area contributed by atoms with E-state index in [1.54, 1.807) is 19.4 Å². The molecule has 0 aromatic rings. The fraction of sp³-hybridized carbons (Fsp3) is 0.286. The van der Waals surface area contributed by atoms with Crippen molar-refractivity contribution >= 4 is 18.8 Å². The Balaban J connectivity index is 3.74. The second-order valence-corrected chi connectivity index (χ2v) is 1.62. The maximum atomic E-state index is 5.14. The van der Waals surface area contributed by atoms with E-state index in [9.17, 15) is 0 Å². The van der Waals surface area contributed by atoms with Gasteiger partial charge in [0.15, 0.2) is 0 Å². The van der Waals surface area contributed by atoms with Gasteiger partial charge in [-0.15, -0.1) is 0 Å². The highest BCUT2D eigenvalue weighted by atomic mass is 15.0. The van der Waals surface area contributed by atoms with E-state index in [-0.39, 0.29) is 0 Å². The summed E-state index contributed by atoms with van der Waals surface area (Å²) in [6, 6.07) is 0. The Morgan fingerprint density at radius 1 is 1.55 bits per heavy atom. The first kappa shape index (κ1) is 9.71. The van der Waals surface area contributed by atoms with Crippen molar-refractivity contribution in [1.82, 2.24) is 0 Å². The molecule has 0 heterocycles. The van der Waals surface area contributed by atoms with Gasteiger partial charge in [0.2, 0.25) is 0 Å². The zero-order valence-electron chi connectivity index (χ0n) is 6.57. The van der Waals surface area contributed by atoms with Crippen LogP contribution in [-0.4, -0.2) is 25.3 Å². The van der Waals surface area contributed by atoms with Gasteiger partial charge in [0.1, 0.15) is 12.2 Å². The maximum Gasteiger partial charge on any atom is 0.146 e. The van der Waals surface area contributed by atoms with Crippen molar-refractivity contribution in [2.75, 3.05) is 6.54 Å². The molecule has 0 unspecified atom stereocenters. The van der Waals surface area contributed by atoms with Gasteiger partial charge in [0, 0.05) is 19.0 Å². The van der Waals surface area contributed by atoms with Crippen LogP contribution in [-0.2, 0) is 0 Å². The van der Waals surface area contributed by atoms with E-state index in [0.29, 0.717) is 12.4 Å².